The van der Waals surface area contributed by atoms with E-state index in [0.29, 0.717) is 18.8 Å². The van der Waals surface area contributed by atoms with Gasteiger partial charge in [-0.15, -0.1) is 0 Å². The van der Waals surface area contributed by atoms with Gasteiger partial charge < -0.3 is 0 Å². The normalized spacial score (nSPS) is 10.4. The third kappa shape index (κ3) is 3.78. The first-order valence-electron chi connectivity index (χ1n) is 4.46. The zero-order valence-corrected chi connectivity index (χ0v) is 8.03. The summed E-state index contributed by atoms with van der Waals surface area (Å²) in [6.07, 6.45) is 2.64. The summed E-state index contributed by atoms with van der Waals surface area (Å²) in [5.41, 5.74) is 0.758. The second-order valence-corrected chi connectivity index (χ2v) is 3.53. The van der Waals surface area contributed by atoms with Gasteiger partial charge in [0.1, 0.15) is 5.78 Å². The number of carbonyl (C=O) groups is 1. The second kappa shape index (κ2) is 4.70. The van der Waals surface area contributed by atoms with Gasteiger partial charge in [-0.1, -0.05) is 13.8 Å². The van der Waals surface area contributed by atoms with Crippen LogP contribution in [0.3, 0.4) is 0 Å². The van der Waals surface area contributed by atoms with Crippen LogP contribution in [0.25, 0.3) is 0 Å². The SMILES string of the molecule is CC(C)CC(=O)Cc1cccnn1. The van der Waals surface area contributed by atoms with E-state index in [1.165, 1.54) is 0 Å². The molecule has 0 aliphatic heterocycles. The lowest BCUT2D eigenvalue weighted by molar-refractivity contribution is -0.119. The molecular formula is C10H14N2O. The fraction of sp³-hybridized carbons (Fsp3) is 0.500. The van der Waals surface area contributed by atoms with Crippen molar-refractivity contribution in [1.82, 2.24) is 10.2 Å². The highest BCUT2D eigenvalue weighted by Gasteiger charge is 2.06. The van der Waals surface area contributed by atoms with Crippen LogP contribution in [0.15, 0.2) is 18.3 Å². The Hall–Kier alpha value is -1.25. The number of Topliss-reactive ketones (excluding diaryl/α,β-unsaturated/α-hetero) is 1. The first kappa shape index (κ1) is 9.84. The van der Waals surface area contributed by atoms with Crippen LogP contribution < -0.4 is 0 Å². The molecule has 70 valence electrons. The van der Waals surface area contributed by atoms with Crippen molar-refractivity contribution in [3.63, 3.8) is 0 Å². The van der Waals surface area contributed by atoms with Crippen molar-refractivity contribution in [2.75, 3.05) is 0 Å². The van der Waals surface area contributed by atoms with Gasteiger partial charge >= 0.3 is 0 Å². The van der Waals surface area contributed by atoms with Gasteiger partial charge in [-0.05, 0) is 18.1 Å². The van der Waals surface area contributed by atoms with E-state index in [2.05, 4.69) is 10.2 Å². The molecular weight excluding hydrogens is 164 g/mol. The van der Waals surface area contributed by atoms with Gasteiger partial charge in [0.15, 0.2) is 0 Å². The number of hydrogen-bond acceptors (Lipinski definition) is 3. The fourth-order valence-electron chi connectivity index (χ4n) is 1.16. The molecule has 0 aromatic carbocycles. The molecule has 3 nitrogen and oxygen atoms in total. The summed E-state index contributed by atoms with van der Waals surface area (Å²) >= 11 is 0. The van der Waals surface area contributed by atoms with E-state index >= 15 is 0 Å². The molecule has 0 unspecified atom stereocenters. The van der Waals surface area contributed by atoms with E-state index in [4.69, 9.17) is 0 Å². The number of hydrogen-bond donors (Lipinski definition) is 0. The summed E-state index contributed by atoms with van der Waals surface area (Å²) in [6.45, 7) is 4.07. The summed E-state index contributed by atoms with van der Waals surface area (Å²) in [5, 5.41) is 7.57. The van der Waals surface area contributed by atoms with Crippen LogP contribution in [0.1, 0.15) is 26.0 Å². The van der Waals surface area contributed by atoms with Crippen molar-refractivity contribution in [3.8, 4) is 0 Å². The minimum Gasteiger partial charge on any atom is -0.299 e. The number of aromatic nitrogens is 2. The molecule has 0 spiro atoms. The van der Waals surface area contributed by atoms with Gasteiger partial charge in [0, 0.05) is 12.6 Å². The van der Waals surface area contributed by atoms with Crippen molar-refractivity contribution in [1.29, 1.82) is 0 Å². The number of ketones is 1. The Morgan fingerprint density at radius 2 is 2.31 bits per heavy atom. The molecule has 0 radical (unpaired) electrons. The molecule has 0 bridgehead atoms. The average Bonchev–Trinajstić information content (AvgIpc) is 2.04. The van der Waals surface area contributed by atoms with E-state index in [9.17, 15) is 4.79 Å². The molecule has 0 atom stereocenters. The van der Waals surface area contributed by atoms with Gasteiger partial charge in [0.05, 0.1) is 12.1 Å². The van der Waals surface area contributed by atoms with Crippen LogP contribution in [0.5, 0.6) is 0 Å². The summed E-state index contributed by atoms with van der Waals surface area (Å²) in [6, 6.07) is 3.62. The molecule has 0 saturated heterocycles. The van der Waals surface area contributed by atoms with Crippen molar-refractivity contribution in [2.24, 2.45) is 5.92 Å². The Kier molecular flexibility index (Phi) is 3.55. The minimum absolute atomic E-state index is 0.232. The summed E-state index contributed by atoms with van der Waals surface area (Å²) < 4.78 is 0. The van der Waals surface area contributed by atoms with Crippen molar-refractivity contribution in [3.05, 3.63) is 24.0 Å². The Labute approximate surface area is 78.2 Å². The Morgan fingerprint density at radius 3 is 2.85 bits per heavy atom. The van der Waals surface area contributed by atoms with Crippen LogP contribution in [-0.4, -0.2) is 16.0 Å². The largest absolute Gasteiger partial charge is 0.299 e. The third-order valence-corrected chi connectivity index (χ3v) is 1.64. The topological polar surface area (TPSA) is 42.9 Å². The molecule has 1 heterocycles. The first-order chi connectivity index (χ1) is 6.18. The fourth-order valence-corrected chi connectivity index (χ4v) is 1.16. The molecule has 1 aromatic rings. The van der Waals surface area contributed by atoms with Gasteiger partial charge in [-0.25, -0.2) is 0 Å². The zero-order chi connectivity index (χ0) is 9.68. The maximum Gasteiger partial charge on any atom is 0.139 e. The standard InChI is InChI=1S/C10H14N2O/c1-8(2)6-10(13)7-9-4-3-5-11-12-9/h3-5,8H,6-7H2,1-2H3. The molecule has 1 rings (SSSR count). The lowest BCUT2D eigenvalue weighted by Crippen LogP contribution is -2.07. The maximum absolute atomic E-state index is 11.4. The smallest absolute Gasteiger partial charge is 0.139 e. The highest BCUT2D eigenvalue weighted by atomic mass is 16.1. The molecule has 13 heavy (non-hydrogen) atoms. The number of carbonyl (C=O) groups excluding carboxylic acids is 1. The Balaban J connectivity index is 2.46. The minimum atomic E-state index is 0.232. The molecule has 0 aliphatic rings. The summed E-state index contributed by atoms with van der Waals surface area (Å²) in [7, 11) is 0. The van der Waals surface area contributed by atoms with Gasteiger partial charge in [-0.3, -0.25) is 4.79 Å². The van der Waals surface area contributed by atoms with Crippen molar-refractivity contribution in [2.45, 2.75) is 26.7 Å². The van der Waals surface area contributed by atoms with Crippen molar-refractivity contribution < 1.29 is 4.79 Å². The number of rotatable bonds is 4. The van der Waals surface area contributed by atoms with Crippen LogP contribution in [-0.2, 0) is 11.2 Å². The Morgan fingerprint density at radius 1 is 1.54 bits per heavy atom. The van der Waals surface area contributed by atoms with Crippen LogP contribution in [0, 0.1) is 5.92 Å². The van der Waals surface area contributed by atoms with Gasteiger partial charge in [0.25, 0.3) is 0 Å². The molecule has 1 aromatic heterocycles. The molecule has 3 heteroatoms. The monoisotopic (exact) mass is 178 g/mol. The van der Waals surface area contributed by atoms with Gasteiger partial charge in [-0.2, -0.15) is 10.2 Å². The van der Waals surface area contributed by atoms with E-state index < -0.39 is 0 Å². The third-order valence-electron chi connectivity index (χ3n) is 1.64. The van der Waals surface area contributed by atoms with Crippen LogP contribution in [0.2, 0.25) is 0 Å². The van der Waals surface area contributed by atoms with Crippen LogP contribution in [0.4, 0.5) is 0 Å². The highest BCUT2D eigenvalue weighted by Crippen LogP contribution is 2.03. The molecule has 0 fully saturated rings. The summed E-state index contributed by atoms with van der Waals surface area (Å²) in [5.74, 6) is 0.652. The highest BCUT2D eigenvalue weighted by molar-refractivity contribution is 5.80. The summed E-state index contributed by atoms with van der Waals surface area (Å²) in [4.78, 5) is 11.4. The molecule has 0 amide bonds. The molecule has 0 N–H and O–H groups in total. The van der Waals surface area contributed by atoms with E-state index in [1.54, 1.807) is 12.3 Å². The average molecular weight is 178 g/mol. The van der Waals surface area contributed by atoms with E-state index in [1.807, 2.05) is 19.9 Å². The van der Waals surface area contributed by atoms with Crippen molar-refractivity contribution >= 4 is 5.78 Å². The molecule has 0 aliphatic carbocycles. The first-order valence-corrected chi connectivity index (χ1v) is 4.46. The predicted molar refractivity (Wildman–Crippen MR) is 50.2 cm³/mol. The van der Waals surface area contributed by atoms with E-state index in [-0.39, 0.29) is 5.78 Å². The number of nitrogens with zero attached hydrogens (tertiary/aromatic N) is 2. The van der Waals surface area contributed by atoms with E-state index in [0.717, 1.165) is 5.69 Å². The Bertz CT molecular complexity index is 270. The lowest BCUT2D eigenvalue weighted by atomic mass is 10.0. The maximum atomic E-state index is 11.4. The molecule has 0 saturated carbocycles. The predicted octanol–water partition coefficient (Wildman–Crippen LogP) is 1.63. The lowest BCUT2D eigenvalue weighted by Gasteiger charge is -2.02. The quantitative estimate of drug-likeness (QED) is 0.703. The zero-order valence-electron chi connectivity index (χ0n) is 8.03. The van der Waals surface area contributed by atoms with Gasteiger partial charge in [0.2, 0.25) is 0 Å². The second-order valence-electron chi connectivity index (χ2n) is 3.53. The van der Waals surface area contributed by atoms with Crippen LogP contribution >= 0.6 is 0 Å².